The van der Waals surface area contributed by atoms with Gasteiger partial charge in [-0.25, -0.2) is 5.01 Å². The van der Waals surface area contributed by atoms with Crippen molar-refractivity contribution in [2.45, 2.75) is 6.17 Å². The first-order valence-electron chi connectivity index (χ1n) is 9.11. The van der Waals surface area contributed by atoms with Crippen LogP contribution in [0.2, 0.25) is 0 Å². The van der Waals surface area contributed by atoms with Gasteiger partial charge in [0.2, 0.25) is 0 Å². The first-order valence-corrected chi connectivity index (χ1v) is 9.90. The molecule has 0 bridgehead atoms. The third kappa shape index (κ3) is 4.22. The molecule has 3 aromatic carbocycles. The summed E-state index contributed by atoms with van der Waals surface area (Å²) >= 11 is 3.37. The molecule has 0 aromatic heterocycles. The zero-order chi connectivity index (χ0) is 20.2. The Labute approximate surface area is 177 Å². The number of benzene rings is 3. The highest BCUT2D eigenvalue weighted by Gasteiger charge is 2.32. The number of carbonyl (C=O) groups is 2. The quantitative estimate of drug-likeness (QED) is 0.608. The summed E-state index contributed by atoms with van der Waals surface area (Å²) in [5, 5.41) is 4.63. The number of hydrogen-bond donors (Lipinski definition) is 2. The van der Waals surface area contributed by atoms with Crippen LogP contribution in [0.25, 0.3) is 6.08 Å². The Morgan fingerprint density at radius 1 is 1.00 bits per heavy atom. The van der Waals surface area contributed by atoms with Crippen molar-refractivity contribution in [1.82, 2.24) is 10.4 Å². The average molecular weight is 448 g/mol. The molecule has 0 saturated carbocycles. The summed E-state index contributed by atoms with van der Waals surface area (Å²) in [4.78, 5) is 25.9. The van der Waals surface area contributed by atoms with Crippen LogP contribution in [-0.2, 0) is 0 Å². The lowest BCUT2D eigenvalue weighted by atomic mass is 10.1. The van der Waals surface area contributed by atoms with Gasteiger partial charge in [0.1, 0.15) is 6.17 Å². The molecule has 5 nitrogen and oxygen atoms in total. The van der Waals surface area contributed by atoms with Crippen LogP contribution in [0.3, 0.4) is 0 Å². The molecule has 1 aliphatic rings. The molecule has 3 aromatic rings. The van der Waals surface area contributed by atoms with Crippen LogP contribution in [0, 0.1) is 0 Å². The second-order valence-electron chi connectivity index (χ2n) is 6.53. The molecule has 29 heavy (non-hydrogen) atoms. The lowest BCUT2D eigenvalue weighted by Gasteiger charge is -2.36. The zero-order valence-corrected chi connectivity index (χ0v) is 17.0. The summed E-state index contributed by atoms with van der Waals surface area (Å²) in [6.07, 6.45) is 3.23. The van der Waals surface area contributed by atoms with Gasteiger partial charge in [0, 0.05) is 15.7 Å². The molecule has 0 saturated heterocycles. The van der Waals surface area contributed by atoms with E-state index in [4.69, 9.17) is 0 Å². The minimum Gasteiger partial charge on any atom is -0.360 e. The lowest BCUT2D eigenvalue weighted by molar-refractivity contribution is 0.0535. The number of fused-ring (bicyclic) bond motifs is 1. The summed E-state index contributed by atoms with van der Waals surface area (Å²) < 4.78 is 0.791. The number of rotatable bonds is 4. The molecule has 4 rings (SSSR count). The van der Waals surface area contributed by atoms with E-state index >= 15 is 0 Å². The smallest absolute Gasteiger partial charge is 0.276 e. The van der Waals surface area contributed by atoms with E-state index in [9.17, 15) is 9.59 Å². The molecular weight excluding hydrogens is 430 g/mol. The van der Waals surface area contributed by atoms with Crippen molar-refractivity contribution in [2.75, 3.05) is 5.32 Å². The van der Waals surface area contributed by atoms with Crippen LogP contribution in [-0.4, -0.2) is 23.0 Å². The molecule has 144 valence electrons. The van der Waals surface area contributed by atoms with Crippen molar-refractivity contribution in [3.8, 4) is 0 Å². The summed E-state index contributed by atoms with van der Waals surface area (Å²) in [6.45, 7) is 0. The Hall–Kier alpha value is -3.38. The van der Waals surface area contributed by atoms with Crippen molar-refractivity contribution in [1.29, 1.82) is 0 Å². The molecule has 1 heterocycles. The monoisotopic (exact) mass is 447 g/mol. The molecule has 6 heteroatoms. The number of para-hydroxylation sites is 1. The van der Waals surface area contributed by atoms with Crippen molar-refractivity contribution in [3.63, 3.8) is 0 Å². The molecule has 1 atom stereocenters. The summed E-state index contributed by atoms with van der Waals surface area (Å²) in [5.41, 5.74) is 5.44. The highest BCUT2D eigenvalue weighted by atomic mass is 79.9. The van der Waals surface area contributed by atoms with E-state index in [0.717, 1.165) is 15.7 Å². The van der Waals surface area contributed by atoms with Crippen molar-refractivity contribution in [3.05, 3.63) is 106 Å². The average Bonchev–Trinajstić information content (AvgIpc) is 2.75. The van der Waals surface area contributed by atoms with E-state index in [-0.39, 0.29) is 11.8 Å². The normalized spacial score (nSPS) is 15.7. The van der Waals surface area contributed by atoms with Crippen LogP contribution in [0.15, 0.2) is 89.4 Å². The van der Waals surface area contributed by atoms with Gasteiger partial charge in [0.05, 0.1) is 5.56 Å². The maximum Gasteiger partial charge on any atom is 0.276 e. The molecule has 2 amide bonds. The van der Waals surface area contributed by atoms with Crippen molar-refractivity contribution < 1.29 is 9.59 Å². The van der Waals surface area contributed by atoms with E-state index in [0.29, 0.717) is 11.1 Å². The van der Waals surface area contributed by atoms with Gasteiger partial charge in [0.25, 0.3) is 11.8 Å². The van der Waals surface area contributed by atoms with Gasteiger partial charge in [-0.15, -0.1) is 0 Å². The fourth-order valence-corrected chi connectivity index (χ4v) is 3.50. The zero-order valence-electron chi connectivity index (χ0n) is 15.4. The first kappa shape index (κ1) is 19.0. The van der Waals surface area contributed by atoms with Crippen molar-refractivity contribution in [2.24, 2.45) is 0 Å². The maximum absolute atomic E-state index is 13.1. The maximum atomic E-state index is 13.1. The second-order valence-corrected chi connectivity index (χ2v) is 7.45. The van der Waals surface area contributed by atoms with Crippen LogP contribution in [0.1, 0.15) is 26.3 Å². The number of amides is 2. The van der Waals surface area contributed by atoms with Gasteiger partial charge in [-0.3, -0.25) is 15.0 Å². The fourth-order valence-electron chi connectivity index (χ4n) is 3.10. The van der Waals surface area contributed by atoms with Gasteiger partial charge < -0.3 is 5.32 Å². The van der Waals surface area contributed by atoms with Gasteiger partial charge >= 0.3 is 0 Å². The highest BCUT2D eigenvalue weighted by Crippen LogP contribution is 2.25. The van der Waals surface area contributed by atoms with E-state index in [1.165, 1.54) is 5.01 Å². The van der Waals surface area contributed by atoms with E-state index < -0.39 is 6.17 Å². The molecule has 1 unspecified atom stereocenters. The molecule has 0 spiro atoms. The lowest BCUT2D eigenvalue weighted by Crippen LogP contribution is -2.56. The minimum absolute atomic E-state index is 0.273. The Morgan fingerprint density at radius 2 is 1.76 bits per heavy atom. The fraction of sp³-hybridized carbons (Fsp3) is 0.0435. The van der Waals surface area contributed by atoms with Gasteiger partial charge in [0.15, 0.2) is 0 Å². The first-order chi connectivity index (χ1) is 14.1. The third-order valence-electron chi connectivity index (χ3n) is 4.54. The summed E-state index contributed by atoms with van der Waals surface area (Å²) in [7, 11) is 0. The SMILES string of the molecule is O=C(NN1C(=O)c2ccccc2NC1/C=C/c1ccccc1)c1cccc(Br)c1. The van der Waals surface area contributed by atoms with Crippen LogP contribution in [0.5, 0.6) is 0 Å². The summed E-state index contributed by atoms with van der Waals surface area (Å²) in [6, 6.07) is 24.1. The molecule has 2 N–H and O–H groups in total. The molecular formula is C23H18BrN3O2. The Kier molecular flexibility index (Phi) is 5.44. The van der Waals surface area contributed by atoms with Crippen LogP contribution < -0.4 is 10.7 Å². The van der Waals surface area contributed by atoms with Gasteiger partial charge in [-0.1, -0.05) is 70.5 Å². The largest absolute Gasteiger partial charge is 0.360 e. The van der Waals surface area contributed by atoms with Crippen molar-refractivity contribution >= 4 is 39.5 Å². The second kappa shape index (κ2) is 8.32. The molecule has 0 fully saturated rings. The number of halogens is 1. The number of nitrogens with one attached hydrogen (secondary N) is 2. The van der Waals surface area contributed by atoms with Gasteiger partial charge in [-0.05, 0) is 42.0 Å². The standard InChI is InChI=1S/C23H18BrN3O2/c24-18-10-6-9-17(15-18)22(28)26-27-21(14-13-16-7-2-1-3-8-16)25-20-12-5-4-11-19(20)23(27)29/h1-15,21,25H,(H,26,28)/b14-13+. The molecule has 0 radical (unpaired) electrons. The van der Waals surface area contributed by atoms with E-state index in [1.807, 2.05) is 60.7 Å². The van der Waals surface area contributed by atoms with E-state index in [1.54, 1.807) is 30.3 Å². The number of hydrazine groups is 1. The predicted molar refractivity (Wildman–Crippen MR) is 117 cm³/mol. The number of nitrogens with zero attached hydrogens (tertiary/aromatic N) is 1. The number of anilines is 1. The number of carbonyl (C=O) groups excluding carboxylic acids is 2. The van der Waals surface area contributed by atoms with Gasteiger partial charge in [-0.2, -0.15) is 0 Å². The Morgan fingerprint density at radius 3 is 2.55 bits per heavy atom. The summed E-state index contributed by atoms with van der Waals surface area (Å²) in [5.74, 6) is -0.635. The van der Waals surface area contributed by atoms with Crippen LogP contribution in [0.4, 0.5) is 5.69 Å². The Balaban J connectivity index is 1.64. The highest BCUT2D eigenvalue weighted by molar-refractivity contribution is 9.10. The number of hydrogen-bond acceptors (Lipinski definition) is 3. The minimum atomic E-state index is -0.534. The predicted octanol–water partition coefficient (Wildman–Crippen LogP) is 4.70. The van der Waals surface area contributed by atoms with Crippen LogP contribution >= 0.6 is 15.9 Å². The topological polar surface area (TPSA) is 61.4 Å². The Bertz CT molecular complexity index is 1080. The molecule has 0 aliphatic carbocycles. The third-order valence-corrected chi connectivity index (χ3v) is 5.03. The molecule has 1 aliphatic heterocycles. The van der Waals surface area contributed by atoms with E-state index in [2.05, 4.69) is 26.7 Å².